The molecule has 1 atom stereocenters. The van der Waals surface area contributed by atoms with Gasteiger partial charge in [0, 0.05) is 37.2 Å². The first-order chi connectivity index (χ1) is 12.2. The molecule has 1 fully saturated rings. The maximum Gasteiger partial charge on any atom is 0.132 e. The van der Waals surface area contributed by atoms with Crippen molar-refractivity contribution in [1.29, 1.82) is 0 Å². The van der Waals surface area contributed by atoms with Gasteiger partial charge in [-0.3, -0.25) is 0 Å². The normalized spacial score (nSPS) is 18.0. The lowest BCUT2D eigenvalue weighted by Crippen LogP contribution is -2.35. The molecule has 0 radical (unpaired) electrons. The van der Waals surface area contributed by atoms with Crippen LogP contribution in [0.25, 0.3) is 11.0 Å². The zero-order valence-corrected chi connectivity index (χ0v) is 14.6. The predicted octanol–water partition coefficient (Wildman–Crippen LogP) is 2.55. The highest BCUT2D eigenvalue weighted by molar-refractivity contribution is 5.78. The van der Waals surface area contributed by atoms with E-state index >= 15 is 0 Å². The van der Waals surface area contributed by atoms with Crippen molar-refractivity contribution < 1.29 is 0 Å². The van der Waals surface area contributed by atoms with E-state index < -0.39 is 0 Å². The first kappa shape index (κ1) is 16.0. The van der Waals surface area contributed by atoms with Crippen molar-refractivity contribution in [2.45, 2.75) is 32.1 Å². The third kappa shape index (κ3) is 3.22. The Kier molecular flexibility index (Phi) is 4.36. The highest BCUT2D eigenvalue weighted by atomic mass is 15.2. The number of H-pyrrole nitrogens is 1. The Hall–Kier alpha value is -2.47. The summed E-state index contributed by atoms with van der Waals surface area (Å²) in [5.41, 5.74) is 10.1. The second kappa shape index (κ2) is 6.80. The van der Waals surface area contributed by atoms with Gasteiger partial charge < -0.3 is 15.6 Å². The summed E-state index contributed by atoms with van der Waals surface area (Å²) in [5.74, 6) is 2.48. The van der Waals surface area contributed by atoms with E-state index in [9.17, 15) is 0 Å². The zero-order valence-electron chi connectivity index (χ0n) is 14.6. The molecule has 1 aromatic carbocycles. The lowest BCUT2D eigenvalue weighted by atomic mass is 9.97. The van der Waals surface area contributed by atoms with Gasteiger partial charge in [-0.1, -0.05) is 12.1 Å². The van der Waals surface area contributed by atoms with E-state index in [0.29, 0.717) is 12.5 Å². The van der Waals surface area contributed by atoms with E-state index in [4.69, 9.17) is 10.7 Å². The molecule has 0 spiro atoms. The van der Waals surface area contributed by atoms with Crippen LogP contribution in [0.15, 0.2) is 30.6 Å². The van der Waals surface area contributed by atoms with Crippen LogP contribution in [0.3, 0.4) is 0 Å². The molecule has 0 aliphatic carbocycles. The van der Waals surface area contributed by atoms with Crippen LogP contribution in [0.2, 0.25) is 0 Å². The molecule has 1 aliphatic heterocycles. The number of nitrogens with zero attached hydrogens (tertiary/aromatic N) is 4. The molecule has 1 aliphatic rings. The summed E-state index contributed by atoms with van der Waals surface area (Å²) in [4.78, 5) is 19.5. The van der Waals surface area contributed by atoms with E-state index in [1.165, 1.54) is 5.56 Å². The van der Waals surface area contributed by atoms with E-state index in [0.717, 1.165) is 60.7 Å². The summed E-state index contributed by atoms with van der Waals surface area (Å²) in [6.07, 6.45) is 4.72. The van der Waals surface area contributed by atoms with Crippen LogP contribution in [-0.4, -0.2) is 39.6 Å². The van der Waals surface area contributed by atoms with Gasteiger partial charge in [-0.2, -0.15) is 0 Å². The number of benzene rings is 1. The van der Waals surface area contributed by atoms with Crippen molar-refractivity contribution in [3.8, 4) is 0 Å². The molecule has 0 amide bonds. The number of hydrogen-bond acceptors (Lipinski definition) is 5. The van der Waals surface area contributed by atoms with Crippen molar-refractivity contribution in [3.05, 3.63) is 47.7 Å². The monoisotopic (exact) mass is 336 g/mol. The van der Waals surface area contributed by atoms with Gasteiger partial charge in [0.2, 0.25) is 0 Å². The Labute approximate surface area is 147 Å². The van der Waals surface area contributed by atoms with Gasteiger partial charge in [0.1, 0.15) is 18.0 Å². The van der Waals surface area contributed by atoms with Gasteiger partial charge in [0.05, 0.1) is 11.0 Å². The average Bonchev–Trinajstić information content (AvgIpc) is 3.08. The highest BCUT2D eigenvalue weighted by Gasteiger charge is 2.25. The maximum absolute atomic E-state index is 5.65. The molecule has 25 heavy (non-hydrogen) atoms. The lowest BCUT2D eigenvalue weighted by molar-refractivity contribution is 0.492. The summed E-state index contributed by atoms with van der Waals surface area (Å²) >= 11 is 0. The predicted molar refractivity (Wildman–Crippen MR) is 99.8 cm³/mol. The number of anilines is 1. The summed E-state index contributed by atoms with van der Waals surface area (Å²) in [6, 6.07) is 8.35. The van der Waals surface area contributed by atoms with Gasteiger partial charge in [-0.25, -0.2) is 15.0 Å². The van der Waals surface area contributed by atoms with Crippen LogP contribution >= 0.6 is 0 Å². The molecule has 0 saturated carbocycles. The standard InChI is InChI=1S/C19H24N6/c1-13-4-2-6-16-18(13)24-19(23-16)14-5-3-9-25(11-14)17-10-15(7-8-20)21-12-22-17/h2,4,6,10,12,14H,3,5,7-9,11,20H2,1H3,(H,23,24). The molecule has 3 aromatic rings. The minimum atomic E-state index is 0.397. The number of aromatic amines is 1. The number of aryl methyl sites for hydroxylation is 1. The fourth-order valence-electron chi connectivity index (χ4n) is 3.64. The van der Waals surface area contributed by atoms with Gasteiger partial charge in [-0.15, -0.1) is 0 Å². The first-order valence-corrected chi connectivity index (χ1v) is 8.96. The summed E-state index contributed by atoms with van der Waals surface area (Å²) in [5, 5.41) is 0. The van der Waals surface area contributed by atoms with E-state index in [-0.39, 0.29) is 0 Å². The van der Waals surface area contributed by atoms with Crippen molar-refractivity contribution >= 4 is 16.9 Å². The lowest BCUT2D eigenvalue weighted by Gasteiger charge is -2.32. The van der Waals surface area contributed by atoms with E-state index in [1.54, 1.807) is 6.33 Å². The topological polar surface area (TPSA) is 83.7 Å². The van der Waals surface area contributed by atoms with Crippen molar-refractivity contribution in [3.63, 3.8) is 0 Å². The Morgan fingerprint density at radius 1 is 1.32 bits per heavy atom. The van der Waals surface area contributed by atoms with Crippen LogP contribution in [0.4, 0.5) is 5.82 Å². The Morgan fingerprint density at radius 3 is 3.08 bits per heavy atom. The fraction of sp³-hybridized carbons (Fsp3) is 0.421. The molecule has 130 valence electrons. The molecule has 6 nitrogen and oxygen atoms in total. The molecule has 1 saturated heterocycles. The molecule has 2 aromatic heterocycles. The molecular formula is C19H24N6. The van der Waals surface area contributed by atoms with Gasteiger partial charge >= 0.3 is 0 Å². The molecule has 1 unspecified atom stereocenters. The number of para-hydroxylation sites is 1. The second-order valence-electron chi connectivity index (χ2n) is 6.78. The quantitative estimate of drug-likeness (QED) is 0.765. The first-order valence-electron chi connectivity index (χ1n) is 8.96. The third-order valence-corrected chi connectivity index (χ3v) is 4.97. The SMILES string of the molecule is Cc1cccc2[nH]c(C3CCCN(c4cc(CCN)ncn4)C3)nc12. The number of fused-ring (bicyclic) bond motifs is 1. The number of rotatable bonds is 4. The number of imidazole rings is 1. The number of aromatic nitrogens is 4. The van der Waals surface area contributed by atoms with Crippen molar-refractivity contribution in [2.24, 2.45) is 5.73 Å². The Balaban J connectivity index is 1.58. The molecule has 3 heterocycles. The summed E-state index contributed by atoms with van der Waals surface area (Å²) in [6.45, 7) is 4.67. The van der Waals surface area contributed by atoms with E-state index in [1.807, 2.05) is 0 Å². The van der Waals surface area contributed by atoms with Crippen LogP contribution in [0, 0.1) is 6.92 Å². The van der Waals surface area contributed by atoms with Crippen LogP contribution in [0.1, 0.15) is 35.8 Å². The molecule has 3 N–H and O–H groups in total. The second-order valence-corrected chi connectivity index (χ2v) is 6.78. The highest BCUT2D eigenvalue weighted by Crippen LogP contribution is 2.29. The fourth-order valence-corrected chi connectivity index (χ4v) is 3.64. The average molecular weight is 336 g/mol. The van der Waals surface area contributed by atoms with Crippen LogP contribution < -0.4 is 10.6 Å². The number of nitrogens with two attached hydrogens (primary N) is 1. The smallest absolute Gasteiger partial charge is 0.132 e. The molecule has 0 bridgehead atoms. The van der Waals surface area contributed by atoms with Crippen LogP contribution in [0.5, 0.6) is 0 Å². The van der Waals surface area contributed by atoms with Gasteiger partial charge in [0.25, 0.3) is 0 Å². The third-order valence-electron chi connectivity index (χ3n) is 4.97. The number of hydrogen-bond donors (Lipinski definition) is 2. The molecule has 4 rings (SSSR count). The maximum atomic E-state index is 5.65. The molecule has 6 heteroatoms. The number of nitrogens with one attached hydrogen (secondary N) is 1. The zero-order chi connectivity index (χ0) is 17.2. The number of piperidine rings is 1. The van der Waals surface area contributed by atoms with Crippen molar-refractivity contribution in [1.82, 2.24) is 19.9 Å². The largest absolute Gasteiger partial charge is 0.356 e. The molecular weight excluding hydrogens is 312 g/mol. The van der Waals surface area contributed by atoms with Gasteiger partial charge in [-0.05, 0) is 37.9 Å². The summed E-state index contributed by atoms with van der Waals surface area (Å²) < 4.78 is 0. The van der Waals surface area contributed by atoms with Gasteiger partial charge in [0.15, 0.2) is 0 Å². The van der Waals surface area contributed by atoms with E-state index in [2.05, 4.69) is 51.0 Å². The van der Waals surface area contributed by atoms with Crippen LogP contribution in [-0.2, 0) is 6.42 Å². The minimum absolute atomic E-state index is 0.397. The summed E-state index contributed by atoms with van der Waals surface area (Å²) in [7, 11) is 0. The Morgan fingerprint density at radius 2 is 2.24 bits per heavy atom. The minimum Gasteiger partial charge on any atom is -0.356 e. The van der Waals surface area contributed by atoms with Crippen molar-refractivity contribution in [2.75, 3.05) is 24.5 Å². The Bertz CT molecular complexity index is 871.